The Morgan fingerprint density at radius 3 is 2.50 bits per heavy atom. The summed E-state index contributed by atoms with van der Waals surface area (Å²) in [5.74, 6) is -1.81. The van der Waals surface area contributed by atoms with Crippen LogP contribution in [0, 0.1) is 0 Å². The molecule has 11 heteroatoms. The van der Waals surface area contributed by atoms with E-state index in [0.29, 0.717) is 39.1 Å². The Bertz CT molecular complexity index is 706. The standard InChI is InChI=1S/C21H35BN4O6/c1-25(2)21(29)23-17(15-19(27)26-11-13-32-14-12-26)20(28)24-18(22(30)31)10-6-9-16-7-4-3-5-8-16/h4,7-8,17-18,30-31H,3,5-6,9-15H2,1-2H3,(H,23,29)(H,24,28). The fraction of sp³-hybridized carbons (Fsp3) is 0.667. The highest BCUT2D eigenvalue weighted by molar-refractivity contribution is 6.43. The first-order valence-corrected chi connectivity index (χ1v) is 11.1. The summed E-state index contributed by atoms with van der Waals surface area (Å²) in [6.45, 7) is 1.71. The van der Waals surface area contributed by atoms with E-state index in [9.17, 15) is 24.4 Å². The Hall–Kier alpha value is -2.37. The minimum atomic E-state index is -1.75. The molecule has 0 saturated carbocycles. The summed E-state index contributed by atoms with van der Waals surface area (Å²) in [6, 6.07) is -1.65. The Kier molecular flexibility index (Phi) is 10.7. The van der Waals surface area contributed by atoms with E-state index in [2.05, 4.69) is 28.9 Å². The van der Waals surface area contributed by atoms with Gasteiger partial charge in [0.2, 0.25) is 11.8 Å². The lowest BCUT2D eigenvalue weighted by Crippen LogP contribution is -2.56. The van der Waals surface area contributed by atoms with Crippen molar-refractivity contribution in [3.8, 4) is 0 Å². The highest BCUT2D eigenvalue weighted by atomic mass is 16.5. The van der Waals surface area contributed by atoms with Crippen LogP contribution < -0.4 is 10.6 Å². The molecule has 1 heterocycles. The molecule has 1 aliphatic carbocycles. The summed E-state index contributed by atoms with van der Waals surface area (Å²) in [5, 5.41) is 24.7. The number of carbonyl (C=O) groups excluding carboxylic acids is 3. The zero-order valence-corrected chi connectivity index (χ0v) is 19.0. The molecule has 0 aromatic carbocycles. The summed E-state index contributed by atoms with van der Waals surface area (Å²) < 4.78 is 5.25. The molecule has 0 bridgehead atoms. The Morgan fingerprint density at radius 2 is 1.91 bits per heavy atom. The lowest BCUT2D eigenvalue weighted by molar-refractivity contribution is -0.138. The van der Waals surface area contributed by atoms with Crippen LogP contribution in [0.2, 0.25) is 0 Å². The molecule has 0 spiro atoms. The van der Waals surface area contributed by atoms with Gasteiger partial charge in [0, 0.05) is 27.2 Å². The molecule has 0 radical (unpaired) electrons. The zero-order valence-electron chi connectivity index (χ0n) is 19.0. The number of nitrogens with zero attached hydrogens (tertiary/aromatic N) is 2. The van der Waals surface area contributed by atoms with Gasteiger partial charge in [0.25, 0.3) is 0 Å². The van der Waals surface area contributed by atoms with Crippen LogP contribution in [0.1, 0.15) is 38.5 Å². The molecular formula is C21H35BN4O6. The number of carbonyl (C=O) groups is 3. The normalized spacial score (nSPS) is 17.8. The van der Waals surface area contributed by atoms with Gasteiger partial charge in [-0.1, -0.05) is 23.8 Å². The summed E-state index contributed by atoms with van der Waals surface area (Å²) in [7, 11) is 1.31. The smallest absolute Gasteiger partial charge is 0.426 e. The molecule has 1 saturated heterocycles. The highest BCUT2D eigenvalue weighted by Crippen LogP contribution is 2.17. The molecule has 2 atom stereocenters. The molecule has 0 aromatic rings. The van der Waals surface area contributed by atoms with Crippen LogP contribution in [-0.2, 0) is 14.3 Å². The first-order valence-electron chi connectivity index (χ1n) is 11.1. The number of hydrogen-bond donors (Lipinski definition) is 4. The molecule has 1 aliphatic heterocycles. The van der Waals surface area contributed by atoms with Crippen molar-refractivity contribution in [2.24, 2.45) is 0 Å². The maximum Gasteiger partial charge on any atom is 0.475 e. The average molecular weight is 450 g/mol. The monoisotopic (exact) mass is 450 g/mol. The molecule has 2 unspecified atom stereocenters. The van der Waals surface area contributed by atoms with E-state index in [4.69, 9.17) is 4.74 Å². The predicted octanol–water partition coefficient (Wildman–Crippen LogP) is -0.181. The van der Waals surface area contributed by atoms with Crippen LogP contribution in [0.4, 0.5) is 4.79 Å². The first-order chi connectivity index (χ1) is 15.3. The minimum absolute atomic E-state index is 0.225. The predicted molar refractivity (Wildman–Crippen MR) is 120 cm³/mol. The maximum atomic E-state index is 12.9. The van der Waals surface area contributed by atoms with Crippen molar-refractivity contribution in [1.82, 2.24) is 20.4 Å². The van der Waals surface area contributed by atoms with E-state index < -0.39 is 31.0 Å². The first kappa shape index (κ1) is 25.9. The fourth-order valence-corrected chi connectivity index (χ4v) is 3.56. The van der Waals surface area contributed by atoms with Gasteiger partial charge in [0.05, 0.1) is 25.6 Å². The van der Waals surface area contributed by atoms with Crippen LogP contribution in [0.3, 0.4) is 0 Å². The topological polar surface area (TPSA) is 131 Å². The number of morpholine rings is 1. The van der Waals surface area contributed by atoms with E-state index in [1.807, 2.05) is 0 Å². The maximum absolute atomic E-state index is 12.9. The van der Waals surface area contributed by atoms with Gasteiger partial charge in [0.15, 0.2) is 0 Å². The summed E-state index contributed by atoms with van der Waals surface area (Å²) >= 11 is 0. The SMILES string of the molecule is CN(C)C(=O)NC(CC(=O)N1CCOCC1)C(=O)NC(CCCC1=CCCC=C1)B(O)O. The van der Waals surface area contributed by atoms with Gasteiger partial charge in [-0.15, -0.1) is 0 Å². The van der Waals surface area contributed by atoms with Crippen LogP contribution in [-0.4, -0.2) is 97.2 Å². The number of rotatable bonds is 10. The Labute approximate surface area is 189 Å². The third-order valence-electron chi connectivity index (χ3n) is 5.50. The van der Waals surface area contributed by atoms with Gasteiger partial charge in [0.1, 0.15) is 6.04 Å². The second-order valence-electron chi connectivity index (χ2n) is 8.27. The molecule has 2 rings (SSSR count). The molecule has 10 nitrogen and oxygen atoms in total. The number of ether oxygens (including phenoxy) is 1. The number of allylic oxidation sites excluding steroid dienone is 4. The second-order valence-corrected chi connectivity index (χ2v) is 8.27. The molecule has 0 aromatic heterocycles. The largest absolute Gasteiger partial charge is 0.475 e. The number of nitrogens with one attached hydrogen (secondary N) is 2. The Balaban J connectivity index is 1.97. The summed E-state index contributed by atoms with van der Waals surface area (Å²) in [6.07, 6.45) is 9.91. The van der Waals surface area contributed by atoms with Gasteiger partial charge >= 0.3 is 13.1 Å². The molecule has 4 amide bonds. The highest BCUT2D eigenvalue weighted by Gasteiger charge is 2.32. The summed E-state index contributed by atoms with van der Waals surface area (Å²) in [5.41, 5.74) is 1.20. The lowest BCUT2D eigenvalue weighted by Gasteiger charge is -2.29. The minimum Gasteiger partial charge on any atom is -0.426 e. The van der Waals surface area contributed by atoms with Crippen LogP contribution in [0.25, 0.3) is 0 Å². The van der Waals surface area contributed by atoms with Crippen LogP contribution in [0.15, 0.2) is 23.8 Å². The fourth-order valence-electron chi connectivity index (χ4n) is 3.56. The molecule has 32 heavy (non-hydrogen) atoms. The second kappa shape index (κ2) is 13.2. The zero-order chi connectivity index (χ0) is 23.5. The van der Waals surface area contributed by atoms with Crippen molar-refractivity contribution in [3.63, 3.8) is 0 Å². The van der Waals surface area contributed by atoms with Gasteiger partial charge in [-0.05, 0) is 32.1 Å². The Morgan fingerprint density at radius 1 is 1.19 bits per heavy atom. The molecule has 1 fully saturated rings. The van der Waals surface area contributed by atoms with Crippen molar-refractivity contribution in [3.05, 3.63) is 23.8 Å². The van der Waals surface area contributed by atoms with Crippen LogP contribution >= 0.6 is 0 Å². The van der Waals surface area contributed by atoms with Crippen molar-refractivity contribution < 1.29 is 29.2 Å². The summed E-state index contributed by atoms with van der Waals surface area (Å²) in [4.78, 5) is 40.6. The number of amides is 4. The van der Waals surface area contributed by atoms with E-state index in [1.54, 1.807) is 4.90 Å². The van der Waals surface area contributed by atoms with Crippen molar-refractivity contribution >= 4 is 25.0 Å². The van der Waals surface area contributed by atoms with Crippen LogP contribution in [0.5, 0.6) is 0 Å². The van der Waals surface area contributed by atoms with Gasteiger partial charge in [-0.25, -0.2) is 4.79 Å². The van der Waals surface area contributed by atoms with Crippen molar-refractivity contribution in [2.45, 2.75) is 50.5 Å². The third kappa shape index (κ3) is 8.64. The molecular weight excluding hydrogens is 415 g/mol. The molecule has 178 valence electrons. The number of urea groups is 1. The van der Waals surface area contributed by atoms with Gasteiger partial charge < -0.3 is 35.2 Å². The quantitative estimate of drug-likeness (QED) is 0.342. The van der Waals surface area contributed by atoms with Gasteiger partial charge in [-0.3, -0.25) is 9.59 Å². The average Bonchev–Trinajstić information content (AvgIpc) is 2.78. The molecule has 4 N–H and O–H groups in total. The van der Waals surface area contributed by atoms with E-state index in [1.165, 1.54) is 24.6 Å². The van der Waals surface area contributed by atoms with Gasteiger partial charge in [-0.2, -0.15) is 0 Å². The molecule has 2 aliphatic rings. The third-order valence-corrected chi connectivity index (χ3v) is 5.50. The van der Waals surface area contributed by atoms with E-state index in [0.717, 1.165) is 19.3 Å². The van der Waals surface area contributed by atoms with E-state index >= 15 is 0 Å². The lowest BCUT2D eigenvalue weighted by atomic mass is 9.76. The van der Waals surface area contributed by atoms with Crippen molar-refractivity contribution in [1.29, 1.82) is 0 Å². The van der Waals surface area contributed by atoms with Crippen molar-refractivity contribution in [2.75, 3.05) is 40.4 Å². The number of hydrogen-bond acceptors (Lipinski definition) is 6. The van der Waals surface area contributed by atoms with E-state index in [-0.39, 0.29) is 12.3 Å².